The van der Waals surface area contributed by atoms with Crippen molar-refractivity contribution in [2.75, 3.05) is 0 Å². The van der Waals surface area contributed by atoms with Gasteiger partial charge in [0, 0.05) is 18.2 Å². The van der Waals surface area contributed by atoms with Gasteiger partial charge in [-0.25, -0.2) is 0 Å². The van der Waals surface area contributed by atoms with Crippen LogP contribution in [0.2, 0.25) is 0 Å². The molecule has 0 aliphatic heterocycles. The Balaban J connectivity index is 1.93. The molecule has 0 spiro atoms. The number of aldehydes is 1. The van der Waals surface area contributed by atoms with Gasteiger partial charge in [-0.3, -0.25) is 19.0 Å². The molecule has 2 fully saturated rings. The van der Waals surface area contributed by atoms with Crippen LogP contribution in [0.3, 0.4) is 0 Å². The number of nitrogens with one attached hydrogen (secondary N) is 1. The van der Waals surface area contributed by atoms with Crippen molar-refractivity contribution in [2.24, 2.45) is 5.41 Å². The summed E-state index contributed by atoms with van der Waals surface area (Å²) >= 11 is 0. The van der Waals surface area contributed by atoms with E-state index in [2.05, 4.69) is 17.3 Å². The highest BCUT2D eigenvalue weighted by Crippen LogP contribution is 2.46. The summed E-state index contributed by atoms with van der Waals surface area (Å²) in [5, 5.41) is 17.4. The first-order valence-electron chi connectivity index (χ1n) is 8.70. The van der Waals surface area contributed by atoms with Crippen molar-refractivity contribution in [2.45, 2.75) is 45.2 Å². The van der Waals surface area contributed by atoms with Crippen LogP contribution in [-0.4, -0.2) is 37.5 Å². The SMILES string of the molecule is CC1(Cn2c(=O)c(C(=O)NC3CC3)c(O)n3ncc(/C=C/C=O)c23)CC1. The quantitative estimate of drug-likeness (QED) is 0.596. The Labute approximate surface area is 149 Å². The lowest BCUT2D eigenvalue weighted by molar-refractivity contribution is -0.104. The second-order valence-electron chi connectivity index (χ2n) is 7.48. The molecule has 4 rings (SSSR count). The van der Waals surface area contributed by atoms with Gasteiger partial charge in [0.1, 0.15) is 11.9 Å². The van der Waals surface area contributed by atoms with E-state index in [4.69, 9.17) is 0 Å². The van der Waals surface area contributed by atoms with Crippen molar-refractivity contribution in [3.8, 4) is 5.88 Å². The molecule has 0 atom stereocenters. The van der Waals surface area contributed by atoms with Gasteiger partial charge in [0.05, 0.1) is 6.20 Å². The highest BCUT2D eigenvalue weighted by molar-refractivity contribution is 5.96. The molecule has 8 heteroatoms. The number of nitrogens with zero attached hydrogens (tertiary/aromatic N) is 3. The van der Waals surface area contributed by atoms with E-state index in [1.54, 1.807) is 0 Å². The minimum atomic E-state index is -0.577. The molecule has 2 aromatic heterocycles. The fourth-order valence-corrected chi connectivity index (χ4v) is 3.06. The monoisotopic (exact) mass is 356 g/mol. The van der Waals surface area contributed by atoms with Gasteiger partial charge in [-0.05, 0) is 43.3 Å². The second-order valence-corrected chi connectivity index (χ2v) is 7.48. The highest BCUT2D eigenvalue weighted by atomic mass is 16.3. The van der Waals surface area contributed by atoms with Crippen molar-refractivity contribution >= 4 is 23.9 Å². The zero-order valence-corrected chi connectivity index (χ0v) is 14.4. The predicted molar refractivity (Wildman–Crippen MR) is 94.0 cm³/mol. The zero-order valence-electron chi connectivity index (χ0n) is 14.4. The third-order valence-corrected chi connectivity index (χ3v) is 5.05. The lowest BCUT2D eigenvalue weighted by Crippen LogP contribution is -2.36. The highest BCUT2D eigenvalue weighted by Gasteiger charge is 2.39. The molecule has 2 heterocycles. The number of carbonyl (C=O) groups is 2. The van der Waals surface area contributed by atoms with E-state index in [0.29, 0.717) is 24.0 Å². The summed E-state index contributed by atoms with van der Waals surface area (Å²) < 4.78 is 2.69. The lowest BCUT2D eigenvalue weighted by atomic mass is 10.1. The third kappa shape index (κ3) is 2.81. The summed E-state index contributed by atoms with van der Waals surface area (Å²) in [4.78, 5) is 36.3. The summed E-state index contributed by atoms with van der Waals surface area (Å²) in [5.41, 5.74) is 0.0661. The molecule has 8 nitrogen and oxygen atoms in total. The first-order chi connectivity index (χ1) is 12.4. The van der Waals surface area contributed by atoms with Crippen molar-refractivity contribution in [1.29, 1.82) is 0 Å². The molecular formula is C18H20N4O4. The van der Waals surface area contributed by atoms with Crippen LogP contribution in [0.4, 0.5) is 0 Å². The number of rotatable bonds is 6. The van der Waals surface area contributed by atoms with Gasteiger partial charge in [0.15, 0.2) is 5.56 Å². The Kier molecular flexibility index (Phi) is 3.71. The van der Waals surface area contributed by atoms with Crippen LogP contribution in [-0.2, 0) is 11.3 Å². The van der Waals surface area contributed by atoms with E-state index in [1.807, 2.05) is 0 Å². The number of hydrogen-bond donors (Lipinski definition) is 2. The summed E-state index contributed by atoms with van der Waals surface area (Å²) in [5.74, 6) is -1.06. The first kappa shape index (κ1) is 16.6. The van der Waals surface area contributed by atoms with Gasteiger partial charge in [0.25, 0.3) is 11.5 Å². The van der Waals surface area contributed by atoms with Gasteiger partial charge < -0.3 is 10.4 Å². The Morgan fingerprint density at radius 3 is 2.81 bits per heavy atom. The maximum Gasteiger partial charge on any atom is 0.270 e. The summed E-state index contributed by atoms with van der Waals surface area (Å²) in [6.45, 7) is 2.50. The van der Waals surface area contributed by atoms with Crippen LogP contribution < -0.4 is 10.9 Å². The van der Waals surface area contributed by atoms with Crippen LogP contribution in [0.1, 0.15) is 48.5 Å². The number of hydrogen-bond acceptors (Lipinski definition) is 5. The maximum atomic E-state index is 13.1. The molecule has 136 valence electrons. The molecule has 0 radical (unpaired) electrons. The van der Waals surface area contributed by atoms with Crippen LogP contribution >= 0.6 is 0 Å². The first-order valence-corrected chi connectivity index (χ1v) is 8.70. The molecule has 2 saturated carbocycles. The largest absolute Gasteiger partial charge is 0.492 e. The van der Waals surface area contributed by atoms with E-state index in [1.165, 1.54) is 27.4 Å². The second kappa shape index (κ2) is 5.82. The molecule has 0 unspecified atom stereocenters. The van der Waals surface area contributed by atoms with Crippen LogP contribution in [0.5, 0.6) is 5.88 Å². The average Bonchev–Trinajstić information content (AvgIpc) is 3.51. The maximum absolute atomic E-state index is 13.1. The Bertz CT molecular complexity index is 993. The van der Waals surface area contributed by atoms with E-state index < -0.39 is 17.3 Å². The molecule has 2 N–H and O–H groups in total. The molecule has 1 amide bonds. The molecule has 26 heavy (non-hydrogen) atoms. The average molecular weight is 356 g/mol. The number of amides is 1. The lowest BCUT2D eigenvalue weighted by Gasteiger charge is -2.16. The van der Waals surface area contributed by atoms with Gasteiger partial charge >= 0.3 is 0 Å². The van der Waals surface area contributed by atoms with Gasteiger partial charge in [-0.15, -0.1) is 0 Å². The number of carbonyl (C=O) groups excluding carboxylic acids is 2. The Morgan fingerprint density at radius 1 is 1.46 bits per heavy atom. The molecule has 2 aromatic rings. The summed E-state index contributed by atoms with van der Waals surface area (Å²) in [7, 11) is 0. The van der Waals surface area contributed by atoms with Gasteiger partial charge in [-0.1, -0.05) is 6.92 Å². The number of aromatic hydroxyl groups is 1. The molecular weight excluding hydrogens is 336 g/mol. The fourth-order valence-electron chi connectivity index (χ4n) is 3.06. The molecule has 0 saturated heterocycles. The molecule has 0 aromatic carbocycles. The smallest absolute Gasteiger partial charge is 0.270 e. The van der Waals surface area contributed by atoms with Crippen molar-refractivity contribution in [3.05, 3.63) is 33.8 Å². The molecule has 2 aliphatic carbocycles. The van der Waals surface area contributed by atoms with Gasteiger partial charge in [0.2, 0.25) is 5.88 Å². The number of aromatic nitrogens is 3. The van der Waals surface area contributed by atoms with E-state index in [0.717, 1.165) is 25.7 Å². The van der Waals surface area contributed by atoms with Crippen molar-refractivity contribution < 1.29 is 14.7 Å². The Morgan fingerprint density at radius 2 is 2.19 bits per heavy atom. The predicted octanol–water partition coefficient (Wildman–Crippen LogP) is 1.11. The van der Waals surface area contributed by atoms with Crippen molar-refractivity contribution in [1.82, 2.24) is 19.5 Å². The number of fused-ring (bicyclic) bond motifs is 1. The standard InChI is InChI=1S/C18H20N4O4/c1-18(6-7-18)10-21-15-11(3-2-8-23)9-19-22(15)17(26)13(16(21)25)14(24)20-12-4-5-12/h2-3,8-9,12,26H,4-7,10H2,1H3,(H,20,24)/b3-2+. The minimum absolute atomic E-state index is 0.0125. The van der Waals surface area contributed by atoms with Crippen LogP contribution in [0, 0.1) is 5.41 Å². The summed E-state index contributed by atoms with van der Waals surface area (Å²) in [6, 6.07) is 0.0649. The molecule has 2 aliphatic rings. The minimum Gasteiger partial charge on any atom is -0.492 e. The van der Waals surface area contributed by atoms with E-state index in [9.17, 15) is 19.5 Å². The third-order valence-electron chi connectivity index (χ3n) is 5.05. The van der Waals surface area contributed by atoms with E-state index >= 15 is 0 Å². The Hall–Kier alpha value is -2.90. The topological polar surface area (TPSA) is 106 Å². The number of allylic oxidation sites excluding steroid dienone is 1. The van der Waals surface area contributed by atoms with Gasteiger partial charge in [-0.2, -0.15) is 9.61 Å². The van der Waals surface area contributed by atoms with Crippen LogP contribution in [0.15, 0.2) is 17.1 Å². The van der Waals surface area contributed by atoms with Crippen LogP contribution in [0.25, 0.3) is 11.7 Å². The van der Waals surface area contributed by atoms with E-state index in [-0.39, 0.29) is 17.0 Å². The zero-order chi connectivity index (χ0) is 18.5. The molecule has 0 bridgehead atoms. The summed E-state index contributed by atoms with van der Waals surface area (Å²) in [6.07, 6.45) is 8.66. The fraction of sp³-hybridized carbons (Fsp3) is 0.444. The van der Waals surface area contributed by atoms with Crippen molar-refractivity contribution in [3.63, 3.8) is 0 Å². The normalized spacial score (nSPS) is 18.3.